The fourth-order valence-electron chi connectivity index (χ4n) is 6.32. The van der Waals surface area contributed by atoms with Gasteiger partial charge in [-0.1, -0.05) is 26.8 Å². The Morgan fingerprint density at radius 3 is 2.40 bits per heavy atom. The number of nitrogens with one attached hydrogen (secondary N) is 4. The van der Waals surface area contributed by atoms with Crippen LogP contribution in [0.4, 0.5) is 4.79 Å². The van der Waals surface area contributed by atoms with Gasteiger partial charge in [0.2, 0.25) is 27.7 Å². The summed E-state index contributed by atoms with van der Waals surface area (Å²) in [5.41, 5.74) is -2.47. The first-order chi connectivity index (χ1) is 24.4. The van der Waals surface area contributed by atoms with Crippen LogP contribution in [0.1, 0.15) is 53.4 Å². The van der Waals surface area contributed by atoms with Crippen LogP contribution in [-0.4, -0.2) is 104 Å². The van der Waals surface area contributed by atoms with Crippen molar-refractivity contribution >= 4 is 50.5 Å². The number of hydrogen-bond acceptors (Lipinski definition) is 11. The van der Waals surface area contributed by atoms with Crippen molar-refractivity contribution in [2.24, 2.45) is 11.3 Å². The summed E-state index contributed by atoms with van der Waals surface area (Å²) in [6.07, 6.45) is 3.25. The van der Waals surface area contributed by atoms with Crippen molar-refractivity contribution < 1.29 is 46.6 Å². The molecule has 0 bridgehead atoms. The lowest BCUT2D eigenvalue weighted by atomic mass is 9.85. The van der Waals surface area contributed by atoms with E-state index in [9.17, 15) is 32.4 Å². The van der Waals surface area contributed by atoms with Gasteiger partial charge in [0.25, 0.3) is 5.91 Å². The summed E-state index contributed by atoms with van der Waals surface area (Å²) in [7, 11) is -1.19. The molecule has 0 radical (unpaired) electrons. The predicted octanol–water partition coefficient (Wildman–Crippen LogP) is 1.54. The molecule has 1 saturated heterocycles. The molecule has 2 heterocycles. The summed E-state index contributed by atoms with van der Waals surface area (Å²) in [4.78, 5) is 72.8. The molecule has 2 aromatic rings. The summed E-state index contributed by atoms with van der Waals surface area (Å²) in [6.45, 7) is 10.3. The minimum Gasteiger partial charge on any atom is -0.497 e. The lowest BCUT2D eigenvalue weighted by Gasteiger charge is -2.35. The molecule has 3 aliphatic rings. The molecule has 6 atom stereocenters. The van der Waals surface area contributed by atoms with Crippen LogP contribution in [0, 0.1) is 11.3 Å². The van der Waals surface area contributed by atoms with E-state index in [1.54, 1.807) is 52.3 Å². The molecule has 0 unspecified atom stereocenters. The van der Waals surface area contributed by atoms with Gasteiger partial charge in [-0.25, -0.2) is 23.0 Å². The zero-order chi connectivity index (χ0) is 38.2. The number of ether oxygens (including phenoxy) is 3. The molecule has 16 nitrogen and oxygen atoms in total. The number of aromatic nitrogens is 1. The van der Waals surface area contributed by atoms with Crippen molar-refractivity contribution in [3.05, 3.63) is 43.1 Å². The fraction of sp³-hybridized carbons (Fsp3) is 0.543. The van der Waals surface area contributed by atoms with Crippen LogP contribution < -0.4 is 30.1 Å². The largest absolute Gasteiger partial charge is 0.497 e. The Kier molecular flexibility index (Phi) is 10.8. The van der Waals surface area contributed by atoms with Crippen molar-refractivity contribution in [2.75, 3.05) is 20.8 Å². The standard InChI is InChI=1S/C35H46N6O10S/c1-8-21-17-35(21,32(45)40-52(47,48)24-10-11-24)39-28(42)26-16-23(51-29-25-12-9-22(49-6)15-20(25)13-14-36-29)18-41(26)30(43)27(34(3,4)5)38-33(46)37-19(2)31(44)50-7/h8-9,12-15,19,21,23-24,26-27H,1,10-11,16-18H2,2-7H3,(H,39,42)(H,40,45)(H2,37,38,46)/t19-,21+,23-,26-,27-,35+/m1/s1. The lowest BCUT2D eigenvalue weighted by molar-refractivity contribution is -0.142. The van der Waals surface area contributed by atoms with E-state index in [1.165, 1.54) is 25.0 Å². The molecule has 4 N–H and O–H groups in total. The van der Waals surface area contributed by atoms with E-state index < -0.39 is 86.1 Å². The Bertz CT molecular complexity index is 1880. The van der Waals surface area contributed by atoms with Gasteiger partial charge in [-0.15, -0.1) is 6.58 Å². The monoisotopic (exact) mass is 742 g/mol. The highest BCUT2D eigenvalue weighted by Gasteiger charge is 2.62. The highest BCUT2D eigenvalue weighted by atomic mass is 32.2. The van der Waals surface area contributed by atoms with Crippen LogP contribution in [0.15, 0.2) is 43.1 Å². The Morgan fingerprint density at radius 1 is 1.10 bits per heavy atom. The number of esters is 1. The summed E-state index contributed by atoms with van der Waals surface area (Å²) >= 11 is 0. The van der Waals surface area contributed by atoms with Crippen molar-refractivity contribution in [3.8, 4) is 11.6 Å². The number of amides is 5. The molecule has 1 aromatic carbocycles. The van der Waals surface area contributed by atoms with Gasteiger partial charge in [-0.3, -0.25) is 19.1 Å². The number of benzene rings is 1. The maximum absolute atomic E-state index is 14.5. The first-order valence-electron chi connectivity index (χ1n) is 17.0. The van der Waals surface area contributed by atoms with E-state index in [0.29, 0.717) is 24.0 Å². The Balaban J connectivity index is 1.43. The number of hydrogen-bond donors (Lipinski definition) is 4. The van der Waals surface area contributed by atoms with Gasteiger partial charge < -0.3 is 35.1 Å². The van der Waals surface area contributed by atoms with Crippen LogP contribution >= 0.6 is 0 Å². The molecule has 282 valence electrons. The number of nitrogens with zero attached hydrogens (tertiary/aromatic N) is 2. The van der Waals surface area contributed by atoms with E-state index in [1.807, 2.05) is 6.07 Å². The molecule has 1 aliphatic heterocycles. The number of rotatable bonds is 13. The zero-order valence-corrected chi connectivity index (χ0v) is 30.9. The van der Waals surface area contributed by atoms with E-state index in [2.05, 4.69) is 37.0 Å². The quantitative estimate of drug-likeness (QED) is 0.171. The number of carbonyl (C=O) groups excluding carboxylic acids is 5. The van der Waals surface area contributed by atoms with Crippen molar-refractivity contribution in [1.82, 2.24) is 30.6 Å². The van der Waals surface area contributed by atoms with Gasteiger partial charge in [-0.2, -0.15) is 0 Å². The van der Waals surface area contributed by atoms with E-state index >= 15 is 0 Å². The normalized spacial score (nSPS) is 23.8. The van der Waals surface area contributed by atoms with Gasteiger partial charge in [-0.05, 0) is 61.3 Å². The number of methoxy groups -OCH3 is 2. The second-order valence-electron chi connectivity index (χ2n) is 14.5. The van der Waals surface area contributed by atoms with Crippen molar-refractivity contribution in [3.63, 3.8) is 0 Å². The van der Waals surface area contributed by atoms with Crippen LogP contribution in [0.2, 0.25) is 0 Å². The maximum atomic E-state index is 14.5. The van der Waals surface area contributed by atoms with Crippen molar-refractivity contribution in [2.45, 2.75) is 88.4 Å². The Hall–Kier alpha value is -4.93. The summed E-state index contributed by atoms with van der Waals surface area (Å²) < 4.78 is 43.8. The smallest absolute Gasteiger partial charge is 0.328 e. The van der Waals surface area contributed by atoms with E-state index in [4.69, 9.17) is 9.47 Å². The van der Waals surface area contributed by atoms with Gasteiger partial charge in [0.1, 0.15) is 35.5 Å². The summed E-state index contributed by atoms with van der Waals surface area (Å²) in [5, 5.41) is 8.64. The molecular weight excluding hydrogens is 696 g/mol. The van der Waals surface area contributed by atoms with Crippen molar-refractivity contribution in [1.29, 1.82) is 0 Å². The molecule has 0 spiro atoms. The minimum atomic E-state index is -3.92. The summed E-state index contributed by atoms with van der Waals surface area (Å²) in [5.74, 6) is -2.56. The molecule has 17 heteroatoms. The third-order valence-corrected chi connectivity index (χ3v) is 11.4. The number of sulfonamides is 1. The average Bonchev–Trinajstić information content (AvgIpc) is 4.02. The van der Waals surface area contributed by atoms with E-state index in [0.717, 1.165) is 5.39 Å². The fourth-order valence-corrected chi connectivity index (χ4v) is 7.68. The first-order valence-corrected chi connectivity index (χ1v) is 18.5. The second kappa shape index (κ2) is 14.6. The first kappa shape index (κ1) is 38.3. The van der Waals surface area contributed by atoms with Crippen LogP contribution in [-0.2, 0) is 33.9 Å². The topological polar surface area (TPSA) is 211 Å². The van der Waals surface area contributed by atoms with Gasteiger partial charge in [0.15, 0.2) is 0 Å². The SMILES string of the molecule is C=C[C@H]1C[C@@]1(NC(=O)[C@H]1C[C@@H](Oc2nccc3cc(OC)ccc23)CN1C(=O)[C@@H](NC(=O)N[C@H](C)C(=O)OC)C(C)(C)C)C(=O)NS(=O)(=O)C1CC1. The summed E-state index contributed by atoms with van der Waals surface area (Å²) in [6, 6.07) is 2.92. The maximum Gasteiger partial charge on any atom is 0.328 e. The molecule has 1 aromatic heterocycles. The lowest BCUT2D eigenvalue weighted by Crippen LogP contribution is -2.61. The predicted molar refractivity (Wildman–Crippen MR) is 188 cm³/mol. The molecule has 52 heavy (non-hydrogen) atoms. The number of fused-ring (bicyclic) bond motifs is 1. The van der Waals surface area contributed by atoms with E-state index in [-0.39, 0.29) is 25.3 Å². The van der Waals surface area contributed by atoms with Crippen LogP contribution in [0.5, 0.6) is 11.6 Å². The number of urea groups is 1. The Labute approximate surface area is 302 Å². The molecule has 5 rings (SSSR count). The molecule has 3 fully saturated rings. The minimum absolute atomic E-state index is 0.0228. The van der Waals surface area contributed by atoms with Crippen LogP contribution in [0.25, 0.3) is 10.8 Å². The Morgan fingerprint density at radius 2 is 1.81 bits per heavy atom. The van der Waals surface area contributed by atoms with Crippen LogP contribution in [0.3, 0.4) is 0 Å². The third-order valence-electron chi connectivity index (χ3n) is 9.60. The van der Waals surface area contributed by atoms with Gasteiger partial charge in [0, 0.05) is 23.9 Å². The third kappa shape index (κ3) is 8.08. The average molecular weight is 743 g/mol. The number of pyridine rings is 1. The second-order valence-corrected chi connectivity index (χ2v) is 16.5. The van der Waals surface area contributed by atoms with Gasteiger partial charge >= 0.3 is 12.0 Å². The molecular formula is C35H46N6O10S. The highest BCUT2D eigenvalue weighted by molar-refractivity contribution is 7.91. The zero-order valence-electron chi connectivity index (χ0n) is 30.1. The molecule has 2 aliphatic carbocycles. The molecule has 5 amide bonds. The number of likely N-dealkylation sites (tertiary alicyclic amines) is 1. The van der Waals surface area contributed by atoms with Gasteiger partial charge in [0.05, 0.1) is 26.0 Å². The number of carbonyl (C=O) groups is 5. The molecule has 2 saturated carbocycles. The highest BCUT2D eigenvalue weighted by Crippen LogP contribution is 2.45.